The molecule has 2 aromatic carbocycles. The fourth-order valence-corrected chi connectivity index (χ4v) is 2.31. The molecule has 0 aliphatic heterocycles. The molecule has 0 amide bonds. The summed E-state index contributed by atoms with van der Waals surface area (Å²) in [7, 11) is 0. The molecule has 0 fully saturated rings. The lowest BCUT2D eigenvalue weighted by atomic mass is 10.1. The second-order valence-electron chi connectivity index (χ2n) is 4.20. The summed E-state index contributed by atoms with van der Waals surface area (Å²) < 4.78 is 0. The number of hydrogen-bond acceptors (Lipinski definition) is 2. The van der Waals surface area contributed by atoms with Crippen LogP contribution in [-0.2, 0) is 0 Å². The number of nitrogens with one attached hydrogen (secondary N) is 1. The van der Waals surface area contributed by atoms with Crippen molar-refractivity contribution in [3.8, 4) is 0 Å². The van der Waals surface area contributed by atoms with Crippen LogP contribution in [0.3, 0.4) is 0 Å². The van der Waals surface area contributed by atoms with Crippen LogP contribution < -0.4 is 5.32 Å². The van der Waals surface area contributed by atoms with E-state index in [0.717, 1.165) is 22.2 Å². The molecule has 1 aromatic heterocycles. The first kappa shape index (κ1) is 11.8. The molecule has 3 rings (SSSR count). The number of aromatic nitrogens is 1. The van der Waals surface area contributed by atoms with Crippen LogP contribution in [0.1, 0.15) is 5.56 Å². The zero-order valence-electron chi connectivity index (χ0n) is 10.2. The number of thiocarbonyl (C=S) groups is 1. The summed E-state index contributed by atoms with van der Waals surface area (Å²) in [6.45, 7) is 0. The number of pyridine rings is 1. The van der Waals surface area contributed by atoms with Gasteiger partial charge in [-0.3, -0.25) is 4.98 Å². The van der Waals surface area contributed by atoms with Gasteiger partial charge in [0.15, 0.2) is 0 Å². The summed E-state index contributed by atoms with van der Waals surface area (Å²) >= 11 is 5.49. The van der Waals surface area contributed by atoms with Gasteiger partial charge in [-0.2, -0.15) is 0 Å². The van der Waals surface area contributed by atoms with Crippen molar-refractivity contribution in [2.45, 2.75) is 0 Å². The van der Waals surface area contributed by atoms with Gasteiger partial charge < -0.3 is 5.32 Å². The first-order valence-electron chi connectivity index (χ1n) is 6.05. The average Bonchev–Trinajstić information content (AvgIpc) is 2.47. The van der Waals surface area contributed by atoms with Crippen LogP contribution in [0.2, 0.25) is 0 Å². The molecular weight excluding hydrogens is 252 g/mol. The van der Waals surface area contributed by atoms with Crippen molar-refractivity contribution >= 4 is 33.8 Å². The van der Waals surface area contributed by atoms with Crippen molar-refractivity contribution in [3.05, 3.63) is 72.4 Å². The van der Waals surface area contributed by atoms with E-state index in [1.165, 1.54) is 0 Å². The lowest BCUT2D eigenvalue weighted by Gasteiger charge is -2.10. The minimum absolute atomic E-state index is 0.713. The molecule has 0 saturated heterocycles. The van der Waals surface area contributed by atoms with Crippen LogP contribution >= 0.6 is 12.2 Å². The van der Waals surface area contributed by atoms with Crippen LogP contribution in [0, 0.1) is 0 Å². The maximum atomic E-state index is 5.49. The Morgan fingerprint density at radius 2 is 1.63 bits per heavy atom. The highest BCUT2D eigenvalue weighted by Gasteiger charge is 2.06. The second-order valence-corrected chi connectivity index (χ2v) is 4.60. The molecule has 0 aliphatic carbocycles. The first-order chi connectivity index (χ1) is 9.34. The third kappa shape index (κ3) is 2.46. The topological polar surface area (TPSA) is 24.9 Å². The Hall–Kier alpha value is -2.26. The molecule has 0 atom stereocenters. The summed E-state index contributed by atoms with van der Waals surface area (Å²) in [5, 5.41) is 4.32. The fraction of sp³-hybridized carbons (Fsp3) is 0. The largest absolute Gasteiger partial charge is 0.346 e. The van der Waals surface area contributed by atoms with Gasteiger partial charge in [-0.05, 0) is 24.3 Å². The second kappa shape index (κ2) is 5.16. The van der Waals surface area contributed by atoms with Gasteiger partial charge in [0.05, 0.1) is 5.52 Å². The highest BCUT2D eigenvalue weighted by atomic mass is 32.1. The summed E-state index contributed by atoms with van der Waals surface area (Å²) in [4.78, 5) is 5.06. The number of fused-ring (bicyclic) bond motifs is 1. The number of nitrogens with zero attached hydrogens (tertiary/aromatic N) is 1. The molecule has 0 bridgehead atoms. The fourth-order valence-electron chi connectivity index (χ4n) is 2.01. The molecule has 0 aliphatic rings. The highest BCUT2D eigenvalue weighted by molar-refractivity contribution is 7.81. The summed E-state index contributed by atoms with van der Waals surface area (Å²) in [6.07, 6.45) is 1.79. The van der Waals surface area contributed by atoms with Crippen LogP contribution in [0.5, 0.6) is 0 Å². The normalized spacial score (nSPS) is 10.3. The molecule has 3 aromatic rings. The van der Waals surface area contributed by atoms with E-state index < -0.39 is 0 Å². The minimum Gasteiger partial charge on any atom is -0.346 e. The molecule has 92 valence electrons. The van der Waals surface area contributed by atoms with Crippen molar-refractivity contribution in [2.75, 3.05) is 5.32 Å². The van der Waals surface area contributed by atoms with E-state index in [1.807, 2.05) is 60.7 Å². The Labute approximate surface area is 117 Å². The minimum atomic E-state index is 0.713. The molecule has 0 unspecified atom stereocenters. The van der Waals surface area contributed by atoms with Gasteiger partial charge in [-0.25, -0.2) is 0 Å². The summed E-state index contributed by atoms with van der Waals surface area (Å²) in [6, 6.07) is 19.9. The zero-order valence-corrected chi connectivity index (χ0v) is 11.0. The third-order valence-corrected chi connectivity index (χ3v) is 3.25. The lowest BCUT2D eigenvalue weighted by molar-refractivity contribution is 1.41. The number of hydrogen-bond donors (Lipinski definition) is 1. The van der Waals surface area contributed by atoms with Crippen LogP contribution in [0.25, 0.3) is 10.9 Å². The quantitative estimate of drug-likeness (QED) is 0.708. The van der Waals surface area contributed by atoms with Crippen LogP contribution in [0.4, 0.5) is 5.69 Å². The maximum absolute atomic E-state index is 5.49. The average molecular weight is 264 g/mol. The monoisotopic (exact) mass is 264 g/mol. The standard InChI is InChI=1S/C16H12N2S/c19-16(18-12-6-2-1-3-7-12)14-10-11-17-15-9-5-4-8-13(14)15/h1-11H,(H,18,19). The van der Waals surface area contributed by atoms with Gasteiger partial charge >= 0.3 is 0 Å². The van der Waals surface area contributed by atoms with E-state index >= 15 is 0 Å². The van der Waals surface area contributed by atoms with Crippen molar-refractivity contribution in [1.82, 2.24) is 4.98 Å². The number of benzene rings is 2. The number of anilines is 1. The molecule has 2 nitrogen and oxygen atoms in total. The van der Waals surface area contributed by atoms with E-state index in [4.69, 9.17) is 12.2 Å². The SMILES string of the molecule is S=C(Nc1ccccc1)c1ccnc2ccccc12. The van der Waals surface area contributed by atoms with E-state index in [1.54, 1.807) is 6.20 Å². The Morgan fingerprint density at radius 3 is 2.47 bits per heavy atom. The lowest BCUT2D eigenvalue weighted by Crippen LogP contribution is -2.11. The van der Waals surface area contributed by atoms with E-state index in [2.05, 4.69) is 10.3 Å². The van der Waals surface area contributed by atoms with Gasteiger partial charge in [-0.1, -0.05) is 48.6 Å². The summed E-state index contributed by atoms with van der Waals surface area (Å²) in [5.41, 5.74) is 2.95. The maximum Gasteiger partial charge on any atom is 0.111 e. The summed E-state index contributed by atoms with van der Waals surface area (Å²) in [5.74, 6) is 0. The van der Waals surface area contributed by atoms with Crippen molar-refractivity contribution in [2.24, 2.45) is 0 Å². The van der Waals surface area contributed by atoms with E-state index in [9.17, 15) is 0 Å². The van der Waals surface area contributed by atoms with Crippen LogP contribution in [0.15, 0.2) is 66.9 Å². The van der Waals surface area contributed by atoms with Gasteiger partial charge in [0.1, 0.15) is 4.99 Å². The van der Waals surface area contributed by atoms with Crippen molar-refractivity contribution in [3.63, 3.8) is 0 Å². The highest BCUT2D eigenvalue weighted by Crippen LogP contribution is 2.18. The Balaban J connectivity index is 1.98. The number of rotatable bonds is 2. The molecular formula is C16H12N2S. The van der Waals surface area contributed by atoms with Crippen molar-refractivity contribution in [1.29, 1.82) is 0 Å². The molecule has 1 N–H and O–H groups in total. The van der Waals surface area contributed by atoms with Gasteiger partial charge in [-0.15, -0.1) is 0 Å². The molecule has 1 heterocycles. The smallest absolute Gasteiger partial charge is 0.111 e. The predicted molar refractivity (Wildman–Crippen MR) is 83.5 cm³/mol. The molecule has 19 heavy (non-hydrogen) atoms. The van der Waals surface area contributed by atoms with E-state index in [0.29, 0.717) is 4.99 Å². The van der Waals surface area contributed by atoms with Gasteiger partial charge in [0, 0.05) is 22.8 Å². The third-order valence-electron chi connectivity index (χ3n) is 2.93. The Bertz CT molecular complexity index is 718. The Kier molecular flexibility index (Phi) is 3.21. The Morgan fingerprint density at radius 1 is 0.895 bits per heavy atom. The molecule has 0 spiro atoms. The van der Waals surface area contributed by atoms with Gasteiger partial charge in [0.2, 0.25) is 0 Å². The van der Waals surface area contributed by atoms with Crippen LogP contribution in [-0.4, -0.2) is 9.97 Å². The molecule has 3 heteroatoms. The molecule has 0 radical (unpaired) electrons. The first-order valence-corrected chi connectivity index (χ1v) is 6.45. The predicted octanol–water partition coefficient (Wildman–Crippen LogP) is 4.02. The van der Waals surface area contributed by atoms with Gasteiger partial charge in [0.25, 0.3) is 0 Å². The zero-order chi connectivity index (χ0) is 13.1. The number of para-hydroxylation sites is 2. The van der Waals surface area contributed by atoms with Crippen molar-refractivity contribution < 1.29 is 0 Å². The van der Waals surface area contributed by atoms with E-state index in [-0.39, 0.29) is 0 Å². The molecule has 0 saturated carbocycles.